The molecular formula is C14H19NO4S. The highest BCUT2D eigenvalue weighted by molar-refractivity contribution is 7.89. The molecule has 1 amide bonds. The van der Waals surface area contributed by atoms with Gasteiger partial charge in [0.15, 0.2) is 0 Å². The van der Waals surface area contributed by atoms with Gasteiger partial charge in [0.1, 0.15) is 5.75 Å². The van der Waals surface area contributed by atoms with Gasteiger partial charge < -0.3 is 4.74 Å². The summed E-state index contributed by atoms with van der Waals surface area (Å²) >= 11 is 0. The molecule has 1 aromatic carbocycles. The number of hydrogen-bond acceptors (Lipinski definition) is 4. The molecule has 0 unspecified atom stereocenters. The van der Waals surface area contributed by atoms with E-state index in [4.69, 9.17) is 4.74 Å². The van der Waals surface area contributed by atoms with Crippen molar-refractivity contribution >= 4 is 15.9 Å². The highest BCUT2D eigenvalue weighted by Crippen LogP contribution is 2.29. The average Bonchev–Trinajstić information content (AvgIpc) is 2.37. The Morgan fingerprint density at radius 1 is 1.15 bits per heavy atom. The summed E-state index contributed by atoms with van der Waals surface area (Å²) in [6.45, 7) is 3.71. The zero-order chi connectivity index (χ0) is 14.9. The van der Waals surface area contributed by atoms with Gasteiger partial charge in [-0.3, -0.25) is 4.79 Å². The molecular weight excluding hydrogens is 278 g/mol. The molecule has 0 N–H and O–H groups in total. The number of hydrogen-bond donors (Lipinski definition) is 0. The minimum atomic E-state index is -3.77. The van der Waals surface area contributed by atoms with Gasteiger partial charge in [-0.2, -0.15) is 0 Å². The summed E-state index contributed by atoms with van der Waals surface area (Å²) < 4.78 is 31.6. The lowest BCUT2D eigenvalue weighted by Crippen LogP contribution is -2.40. The van der Waals surface area contributed by atoms with E-state index in [1.54, 1.807) is 26.0 Å². The summed E-state index contributed by atoms with van der Waals surface area (Å²) in [5.41, 5.74) is 1.19. The summed E-state index contributed by atoms with van der Waals surface area (Å²) in [6, 6.07) is 3.35. The molecule has 6 heteroatoms. The fourth-order valence-corrected chi connectivity index (χ4v) is 4.46. The maximum atomic E-state index is 12.7. The zero-order valence-electron chi connectivity index (χ0n) is 12.0. The SMILES string of the molecule is COc1cc(C)c(S(=O)(=O)N2CCCCC2=O)c(C)c1. The largest absolute Gasteiger partial charge is 0.497 e. The van der Waals surface area contributed by atoms with Crippen molar-refractivity contribution in [2.45, 2.75) is 38.0 Å². The van der Waals surface area contributed by atoms with Crippen LogP contribution >= 0.6 is 0 Å². The molecule has 1 saturated heterocycles. The van der Waals surface area contributed by atoms with Gasteiger partial charge >= 0.3 is 0 Å². The molecule has 1 aliphatic heterocycles. The molecule has 110 valence electrons. The van der Waals surface area contributed by atoms with Crippen LogP contribution in [0.5, 0.6) is 5.75 Å². The standard InChI is InChI=1S/C14H19NO4S/c1-10-8-12(19-3)9-11(2)14(10)20(17,18)15-7-5-4-6-13(15)16/h8-9H,4-7H2,1-3H3. The molecule has 20 heavy (non-hydrogen) atoms. The first-order valence-electron chi connectivity index (χ1n) is 6.58. The quantitative estimate of drug-likeness (QED) is 0.856. The molecule has 0 aliphatic carbocycles. The monoisotopic (exact) mass is 297 g/mol. The molecule has 0 aromatic heterocycles. The summed E-state index contributed by atoms with van der Waals surface area (Å²) in [6.07, 6.45) is 1.78. The Kier molecular flexibility index (Phi) is 4.04. The predicted molar refractivity (Wildman–Crippen MR) is 75.2 cm³/mol. The third-order valence-corrected chi connectivity index (χ3v) is 5.62. The number of amides is 1. The predicted octanol–water partition coefficient (Wildman–Crippen LogP) is 2.01. The zero-order valence-corrected chi connectivity index (χ0v) is 12.8. The van der Waals surface area contributed by atoms with Crippen molar-refractivity contribution in [2.75, 3.05) is 13.7 Å². The van der Waals surface area contributed by atoms with Crippen molar-refractivity contribution in [3.8, 4) is 5.75 Å². The van der Waals surface area contributed by atoms with E-state index in [1.165, 1.54) is 7.11 Å². The number of carbonyl (C=O) groups is 1. The lowest BCUT2D eigenvalue weighted by molar-refractivity contribution is -0.128. The second-order valence-corrected chi connectivity index (χ2v) is 6.82. The molecule has 1 heterocycles. The Morgan fingerprint density at radius 3 is 2.25 bits per heavy atom. The minimum Gasteiger partial charge on any atom is -0.497 e. The number of ether oxygens (including phenoxy) is 1. The maximum Gasteiger partial charge on any atom is 0.267 e. The van der Waals surface area contributed by atoms with Crippen LogP contribution in [-0.4, -0.2) is 32.3 Å². The third kappa shape index (κ3) is 2.52. The summed E-state index contributed by atoms with van der Waals surface area (Å²) in [5, 5.41) is 0. The second-order valence-electron chi connectivity index (χ2n) is 5.02. The molecule has 0 spiro atoms. The van der Waals surface area contributed by atoms with Crippen LogP contribution < -0.4 is 4.74 Å². The van der Waals surface area contributed by atoms with Gasteiger partial charge in [0.2, 0.25) is 5.91 Å². The van der Waals surface area contributed by atoms with E-state index in [0.29, 0.717) is 23.3 Å². The minimum absolute atomic E-state index is 0.216. The number of benzene rings is 1. The smallest absolute Gasteiger partial charge is 0.267 e. The van der Waals surface area contributed by atoms with Gasteiger partial charge in [-0.05, 0) is 49.9 Å². The van der Waals surface area contributed by atoms with E-state index in [9.17, 15) is 13.2 Å². The van der Waals surface area contributed by atoms with Crippen LogP contribution in [0.1, 0.15) is 30.4 Å². The van der Waals surface area contributed by atoms with Crippen LogP contribution in [-0.2, 0) is 14.8 Å². The van der Waals surface area contributed by atoms with Crippen molar-refractivity contribution in [1.29, 1.82) is 0 Å². The topological polar surface area (TPSA) is 63.7 Å². The van der Waals surface area contributed by atoms with Gasteiger partial charge in [-0.25, -0.2) is 12.7 Å². The number of carbonyl (C=O) groups excluding carboxylic acids is 1. The molecule has 1 fully saturated rings. The normalized spacial score (nSPS) is 16.4. The van der Waals surface area contributed by atoms with Gasteiger partial charge in [-0.15, -0.1) is 0 Å². The fourth-order valence-electron chi connectivity index (χ4n) is 2.58. The molecule has 2 rings (SSSR count). The molecule has 0 bridgehead atoms. The van der Waals surface area contributed by atoms with Crippen LogP contribution in [0.4, 0.5) is 0 Å². The lowest BCUT2D eigenvalue weighted by atomic mass is 10.1. The number of sulfonamides is 1. The second kappa shape index (κ2) is 5.44. The maximum absolute atomic E-state index is 12.7. The molecule has 0 radical (unpaired) electrons. The van der Waals surface area contributed by atoms with Crippen LogP contribution in [0.25, 0.3) is 0 Å². The fraction of sp³-hybridized carbons (Fsp3) is 0.500. The van der Waals surface area contributed by atoms with E-state index in [-0.39, 0.29) is 17.3 Å². The summed E-state index contributed by atoms with van der Waals surface area (Å²) in [4.78, 5) is 12.1. The Morgan fingerprint density at radius 2 is 1.75 bits per heavy atom. The lowest BCUT2D eigenvalue weighted by Gasteiger charge is -2.27. The average molecular weight is 297 g/mol. The van der Waals surface area contributed by atoms with Gasteiger partial charge in [0.05, 0.1) is 12.0 Å². The van der Waals surface area contributed by atoms with Crippen LogP contribution in [0.2, 0.25) is 0 Å². The van der Waals surface area contributed by atoms with Crippen molar-refractivity contribution in [3.63, 3.8) is 0 Å². The number of piperidine rings is 1. The summed E-state index contributed by atoms with van der Waals surface area (Å²) in [7, 11) is -2.23. The summed E-state index contributed by atoms with van der Waals surface area (Å²) in [5.74, 6) is 0.301. The van der Waals surface area contributed by atoms with Crippen molar-refractivity contribution in [3.05, 3.63) is 23.3 Å². The van der Waals surface area contributed by atoms with E-state index in [0.717, 1.165) is 17.1 Å². The van der Waals surface area contributed by atoms with Gasteiger partial charge in [-0.1, -0.05) is 0 Å². The van der Waals surface area contributed by atoms with Crippen molar-refractivity contribution in [2.24, 2.45) is 0 Å². The third-order valence-electron chi connectivity index (χ3n) is 3.50. The number of nitrogens with zero attached hydrogens (tertiary/aromatic N) is 1. The first-order valence-corrected chi connectivity index (χ1v) is 8.02. The molecule has 0 atom stereocenters. The Labute approximate surface area is 119 Å². The van der Waals surface area contributed by atoms with E-state index >= 15 is 0 Å². The number of aryl methyl sites for hydroxylation is 2. The van der Waals surface area contributed by atoms with Crippen LogP contribution in [0.3, 0.4) is 0 Å². The van der Waals surface area contributed by atoms with E-state index < -0.39 is 10.0 Å². The van der Waals surface area contributed by atoms with Crippen molar-refractivity contribution in [1.82, 2.24) is 4.31 Å². The first kappa shape index (κ1) is 14.8. The molecule has 5 nitrogen and oxygen atoms in total. The Balaban J connectivity index is 2.52. The van der Waals surface area contributed by atoms with Gasteiger partial charge in [0.25, 0.3) is 10.0 Å². The Hall–Kier alpha value is -1.56. The number of rotatable bonds is 3. The van der Waals surface area contributed by atoms with Crippen LogP contribution in [0.15, 0.2) is 17.0 Å². The van der Waals surface area contributed by atoms with Gasteiger partial charge in [0, 0.05) is 13.0 Å². The highest BCUT2D eigenvalue weighted by atomic mass is 32.2. The highest BCUT2D eigenvalue weighted by Gasteiger charge is 2.33. The molecule has 0 saturated carbocycles. The van der Waals surface area contributed by atoms with Crippen molar-refractivity contribution < 1.29 is 17.9 Å². The molecule has 1 aliphatic rings. The van der Waals surface area contributed by atoms with Crippen LogP contribution in [0, 0.1) is 13.8 Å². The first-order chi connectivity index (χ1) is 9.37. The number of methoxy groups -OCH3 is 1. The Bertz CT molecular complexity index is 614. The molecule has 1 aromatic rings. The van der Waals surface area contributed by atoms with E-state index in [2.05, 4.69) is 0 Å². The van der Waals surface area contributed by atoms with E-state index in [1.807, 2.05) is 0 Å².